The van der Waals surface area contributed by atoms with Crippen LogP contribution in [0.25, 0.3) is 0 Å². The number of ether oxygens (including phenoxy) is 2. The first kappa shape index (κ1) is 14.4. The van der Waals surface area contributed by atoms with Crippen molar-refractivity contribution in [2.45, 2.75) is 20.3 Å². The van der Waals surface area contributed by atoms with Crippen LogP contribution < -0.4 is 14.8 Å². The Morgan fingerprint density at radius 1 is 1.22 bits per heavy atom. The van der Waals surface area contributed by atoms with Gasteiger partial charge in [-0.2, -0.15) is 0 Å². The van der Waals surface area contributed by atoms with Gasteiger partial charge in [0.25, 0.3) is 0 Å². The molecule has 1 aromatic rings. The number of amides is 1. The fraction of sp³-hybridized carbons (Fsp3) is 0.500. The van der Waals surface area contributed by atoms with Gasteiger partial charge in [0.05, 0.1) is 14.2 Å². The average molecular weight is 251 g/mol. The molecule has 1 amide bonds. The van der Waals surface area contributed by atoms with E-state index in [1.165, 1.54) is 0 Å². The molecule has 100 valence electrons. The molecule has 4 nitrogen and oxygen atoms in total. The van der Waals surface area contributed by atoms with Gasteiger partial charge in [0, 0.05) is 12.5 Å². The Hall–Kier alpha value is -1.71. The van der Waals surface area contributed by atoms with Crippen molar-refractivity contribution in [1.29, 1.82) is 0 Å². The Kier molecular flexibility index (Phi) is 5.49. The molecule has 0 unspecified atom stereocenters. The number of hydrogen-bond acceptors (Lipinski definition) is 3. The van der Waals surface area contributed by atoms with Gasteiger partial charge in [-0.3, -0.25) is 4.79 Å². The monoisotopic (exact) mass is 251 g/mol. The molecule has 0 aliphatic carbocycles. The lowest BCUT2D eigenvalue weighted by Crippen LogP contribution is -2.29. The minimum Gasteiger partial charge on any atom is -0.493 e. The van der Waals surface area contributed by atoms with E-state index in [0.717, 1.165) is 12.0 Å². The molecule has 0 radical (unpaired) electrons. The van der Waals surface area contributed by atoms with Gasteiger partial charge in [0.2, 0.25) is 5.91 Å². The third-order valence-corrected chi connectivity index (χ3v) is 2.69. The molecule has 0 fully saturated rings. The molecule has 0 heterocycles. The molecule has 0 atom stereocenters. The number of nitrogens with one attached hydrogen (secondary N) is 1. The maximum Gasteiger partial charge on any atom is 0.222 e. The summed E-state index contributed by atoms with van der Waals surface area (Å²) in [4.78, 5) is 11.4. The fourth-order valence-electron chi connectivity index (χ4n) is 1.57. The molecular weight excluding hydrogens is 230 g/mol. The van der Waals surface area contributed by atoms with Crippen molar-refractivity contribution in [2.75, 3.05) is 20.8 Å². The molecule has 18 heavy (non-hydrogen) atoms. The molecule has 0 bridgehead atoms. The van der Waals surface area contributed by atoms with Crippen LogP contribution in [0.2, 0.25) is 0 Å². The third kappa shape index (κ3) is 3.95. The number of rotatable bonds is 6. The van der Waals surface area contributed by atoms with Gasteiger partial charge in [-0.05, 0) is 24.1 Å². The number of hydrogen-bond donors (Lipinski definition) is 1. The Labute approximate surface area is 108 Å². The van der Waals surface area contributed by atoms with Crippen LogP contribution in [0, 0.1) is 5.92 Å². The van der Waals surface area contributed by atoms with Gasteiger partial charge in [0.1, 0.15) is 0 Å². The summed E-state index contributed by atoms with van der Waals surface area (Å²) < 4.78 is 10.4. The number of carbonyl (C=O) groups excluding carboxylic acids is 1. The van der Waals surface area contributed by atoms with Gasteiger partial charge >= 0.3 is 0 Å². The molecule has 1 rings (SSSR count). The molecule has 0 aliphatic rings. The second kappa shape index (κ2) is 6.89. The van der Waals surface area contributed by atoms with Crippen LogP contribution in [0.5, 0.6) is 11.5 Å². The first-order valence-corrected chi connectivity index (χ1v) is 6.07. The van der Waals surface area contributed by atoms with Crippen LogP contribution in [-0.4, -0.2) is 26.7 Å². The van der Waals surface area contributed by atoms with Crippen molar-refractivity contribution >= 4 is 5.91 Å². The summed E-state index contributed by atoms with van der Waals surface area (Å²) >= 11 is 0. The van der Waals surface area contributed by atoms with Crippen LogP contribution in [-0.2, 0) is 11.2 Å². The van der Waals surface area contributed by atoms with E-state index >= 15 is 0 Å². The highest BCUT2D eigenvalue weighted by Crippen LogP contribution is 2.27. The number of methoxy groups -OCH3 is 2. The predicted octanol–water partition coefficient (Wildman–Crippen LogP) is 2.02. The van der Waals surface area contributed by atoms with Gasteiger partial charge < -0.3 is 14.8 Å². The Bertz CT molecular complexity index is 402. The highest BCUT2D eigenvalue weighted by Gasteiger charge is 2.07. The fourth-order valence-corrected chi connectivity index (χ4v) is 1.57. The van der Waals surface area contributed by atoms with E-state index in [-0.39, 0.29) is 11.8 Å². The summed E-state index contributed by atoms with van der Waals surface area (Å²) in [6.45, 7) is 4.39. The predicted molar refractivity (Wildman–Crippen MR) is 71.1 cm³/mol. The van der Waals surface area contributed by atoms with E-state index in [0.29, 0.717) is 18.0 Å². The molecule has 4 heteroatoms. The molecule has 0 aromatic heterocycles. The first-order valence-electron chi connectivity index (χ1n) is 6.07. The molecule has 1 aromatic carbocycles. The number of carbonyl (C=O) groups is 1. The summed E-state index contributed by atoms with van der Waals surface area (Å²) in [6.07, 6.45) is 0.777. The van der Waals surface area contributed by atoms with Crippen LogP contribution in [0.3, 0.4) is 0 Å². The minimum atomic E-state index is 0.0235. The van der Waals surface area contributed by atoms with Crippen LogP contribution in [0.15, 0.2) is 18.2 Å². The van der Waals surface area contributed by atoms with Gasteiger partial charge in [-0.15, -0.1) is 0 Å². The first-order chi connectivity index (χ1) is 8.58. The zero-order valence-corrected chi connectivity index (χ0v) is 11.4. The largest absolute Gasteiger partial charge is 0.493 e. The second-order valence-corrected chi connectivity index (χ2v) is 4.39. The van der Waals surface area contributed by atoms with E-state index < -0.39 is 0 Å². The van der Waals surface area contributed by atoms with E-state index in [4.69, 9.17) is 9.47 Å². The topological polar surface area (TPSA) is 47.6 Å². The van der Waals surface area contributed by atoms with Crippen LogP contribution >= 0.6 is 0 Å². The molecule has 0 saturated heterocycles. The third-order valence-electron chi connectivity index (χ3n) is 2.69. The van der Waals surface area contributed by atoms with E-state index in [1.807, 2.05) is 32.0 Å². The van der Waals surface area contributed by atoms with Gasteiger partial charge in [0.15, 0.2) is 11.5 Å². The summed E-state index contributed by atoms with van der Waals surface area (Å²) in [5.41, 5.74) is 1.11. The molecule has 0 aliphatic heterocycles. The van der Waals surface area contributed by atoms with Crippen molar-refractivity contribution in [3.8, 4) is 11.5 Å². The lowest BCUT2D eigenvalue weighted by molar-refractivity contribution is -0.123. The maximum atomic E-state index is 11.4. The van der Waals surface area contributed by atoms with Crippen LogP contribution in [0.1, 0.15) is 19.4 Å². The van der Waals surface area contributed by atoms with E-state index in [1.54, 1.807) is 14.2 Å². The second-order valence-electron chi connectivity index (χ2n) is 4.39. The van der Waals surface area contributed by atoms with Crippen LogP contribution in [0.4, 0.5) is 0 Å². The maximum absolute atomic E-state index is 11.4. The lowest BCUT2D eigenvalue weighted by Gasteiger charge is -2.10. The Morgan fingerprint density at radius 3 is 2.44 bits per heavy atom. The zero-order chi connectivity index (χ0) is 13.5. The summed E-state index contributed by atoms with van der Waals surface area (Å²) in [7, 11) is 3.22. The normalized spacial score (nSPS) is 10.3. The molecule has 1 N–H and O–H groups in total. The standard InChI is InChI=1S/C14H21NO3/c1-10(2)14(16)15-8-7-11-5-6-12(17-3)13(9-11)18-4/h5-6,9-10H,7-8H2,1-4H3,(H,15,16). The highest BCUT2D eigenvalue weighted by atomic mass is 16.5. The summed E-state index contributed by atoms with van der Waals surface area (Å²) in [5.74, 6) is 1.53. The van der Waals surface area contributed by atoms with Gasteiger partial charge in [-0.1, -0.05) is 19.9 Å². The Morgan fingerprint density at radius 2 is 1.89 bits per heavy atom. The summed E-state index contributed by atoms with van der Waals surface area (Å²) in [5, 5.41) is 2.89. The van der Waals surface area contributed by atoms with Crippen molar-refractivity contribution in [3.05, 3.63) is 23.8 Å². The lowest BCUT2D eigenvalue weighted by atomic mass is 10.1. The number of benzene rings is 1. The van der Waals surface area contributed by atoms with Crippen molar-refractivity contribution < 1.29 is 14.3 Å². The van der Waals surface area contributed by atoms with Crippen molar-refractivity contribution in [1.82, 2.24) is 5.32 Å². The molecule has 0 spiro atoms. The molecular formula is C14H21NO3. The molecule has 0 saturated carbocycles. The van der Waals surface area contributed by atoms with E-state index in [2.05, 4.69) is 5.32 Å². The van der Waals surface area contributed by atoms with E-state index in [9.17, 15) is 4.79 Å². The van der Waals surface area contributed by atoms with Gasteiger partial charge in [-0.25, -0.2) is 0 Å². The Balaban J connectivity index is 2.55. The summed E-state index contributed by atoms with van der Waals surface area (Å²) in [6, 6.07) is 5.78. The quantitative estimate of drug-likeness (QED) is 0.841. The van der Waals surface area contributed by atoms with Crippen molar-refractivity contribution in [3.63, 3.8) is 0 Å². The highest BCUT2D eigenvalue weighted by molar-refractivity contribution is 5.77. The van der Waals surface area contributed by atoms with Crippen molar-refractivity contribution in [2.24, 2.45) is 5.92 Å². The average Bonchev–Trinajstić information content (AvgIpc) is 2.38. The minimum absolute atomic E-state index is 0.0235. The zero-order valence-electron chi connectivity index (χ0n) is 11.4. The SMILES string of the molecule is COc1ccc(CCNC(=O)C(C)C)cc1OC. The smallest absolute Gasteiger partial charge is 0.222 e.